The Labute approximate surface area is 110 Å². The highest BCUT2D eigenvalue weighted by molar-refractivity contribution is 5.31. The van der Waals surface area contributed by atoms with Gasteiger partial charge in [0.05, 0.1) is 12.2 Å². The van der Waals surface area contributed by atoms with Crippen LogP contribution in [0.1, 0.15) is 51.5 Å². The van der Waals surface area contributed by atoms with E-state index in [1.165, 1.54) is 12.8 Å². The average Bonchev–Trinajstić information content (AvgIpc) is 2.40. The maximum Gasteiger partial charge on any atom is 0.119 e. The van der Waals surface area contributed by atoms with Gasteiger partial charge in [0.15, 0.2) is 0 Å². The van der Waals surface area contributed by atoms with Crippen molar-refractivity contribution in [2.75, 3.05) is 6.61 Å². The molecule has 1 saturated carbocycles. The molecule has 0 spiro atoms. The topological polar surface area (TPSA) is 29.5 Å². The molecule has 2 unspecified atom stereocenters. The molecule has 18 heavy (non-hydrogen) atoms. The van der Waals surface area contributed by atoms with Crippen molar-refractivity contribution in [2.24, 2.45) is 5.92 Å². The number of hydrogen-bond donors (Lipinski definition) is 1. The first kappa shape index (κ1) is 13.4. The highest BCUT2D eigenvalue weighted by Gasteiger charge is 2.35. The lowest BCUT2D eigenvalue weighted by Crippen LogP contribution is -2.32. The van der Waals surface area contributed by atoms with Gasteiger partial charge in [-0.3, -0.25) is 0 Å². The molecule has 1 aliphatic rings. The zero-order valence-corrected chi connectivity index (χ0v) is 11.5. The van der Waals surface area contributed by atoms with Crippen LogP contribution in [0.5, 0.6) is 5.75 Å². The average molecular weight is 248 g/mol. The zero-order valence-electron chi connectivity index (χ0n) is 11.5. The van der Waals surface area contributed by atoms with Crippen LogP contribution in [0.4, 0.5) is 0 Å². The Bertz CT molecular complexity index is 371. The first-order valence-electron chi connectivity index (χ1n) is 7.13. The molecular weight excluding hydrogens is 224 g/mol. The molecule has 0 aliphatic heterocycles. The van der Waals surface area contributed by atoms with Gasteiger partial charge in [0, 0.05) is 0 Å². The third-order valence-corrected chi connectivity index (χ3v) is 4.11. The molecule has 0 radical (unpaired) electrons. The Morgan fingerprint density at radius 3 is 2.61 bits per heavy atom. The maximum atomic E-state index is 10.8. The predicted octanol–water partition coefficient (Wildman–Crippen LogP) is 3.87. The molecular formula is C16H24O2. The van der Waals surface area contributed by atoms with Crippen LogP contribution in [-0.2, 0) is 5.60 Å². The van der Waals surface area contributed by atoms with E-state index in [0.717, 1.165) is 30.6 Å². The standard InChI is InChI=1S/C16H24O2/c1-3-13-6-5-11-16(17,12-13)14-7-9-15(10-8-14)18-4-2/h7-10,13,17H,3-6,11-12H2,1-2H3. The van der Waals surface area contributed by atoms with E-state index in [4.69, 9.17) is 4.74 Å². The predicted molar refractivity (Wildman–Crippen MR) is 73.8 cm³/mol. The van der Waals surface area contributed by atoms with Crippen molar-refractivity contribution in [3.05, 3.63) is 29.8 Å². The normalized spacial score (nSPS) is 28.1. The van der Waals surface area contributed by atoms with Crippen LogP contribution in [0.15, 0.2) is 24.3 Å². The SMILES string of the molecule is CCOc1ccc(C2(O)CCCC(CC)C2)cc1. The summed E-state index contributed by atoms with van der Waals surface area (Å²) in [5.74, 6) is 1.54. The van der Waals surface area contributed by atoms with Crippen molar-refractivity contribution >= 4 is 0 Å². The van der Waals surface area contributed by atoms with Gasteiger partial charge in [-0.2, -0.15) is 0 Å². The maximum absolute atomic E-state index is 10.8. The van der Waals surface area contributed by atoms with Crippen LogP contribution < -0.4 is 4.74 Å². The minimum atomic E-state index is -0.621. The highest BCUT2D eigenvalue weighted by Crippen LogP contribution is 2.41. The summed E-state index contributed by atoms with van der Waals surface area (Å²) >= 11 is 0. The Morgan fingerprint density at radius 1 is 1.28 bits per heavy atom. The molecule has 0 aromatic heterocycles. The monoisotopic (exact) mass is 248 g/mol. The largest absolute Gasteiger partial charge is 0.494 e. The lowest BCUT2D eigenvalue weighted by Gasteiger charge is -2.37. The Hall–Kier alpha value is -1.02. The third-order valence-electron chi connectivity index (χ3n) is 4.11. The molecule has 2 rings (SSSR count). The fraction of sp³-hybridized carbons (Fsp3) is 0.625. The van der Waals surface area contributed by atoms with E-state index in [9.17, 15) is 5.11 Å². The number of ether oxygens (including phenoxy) is 1. The molecule has 0 amide bonds. The molecule has 0 saturated heterocycles. The summed E-state index contributed by atoms with van der Waals surface area (Å²) in [6.45, 7) is 4.88. The molecule has 1 fully saturated rings. The fourth-order valence-electron chi connectivity index (χ4n) is 3.00. The van der Waals surface area contributed by atoms with E-state index in [0.29, 0.717) is 12.5 Å². The van der Waals surface area contributed by atoms with E-state index in [-0.39, 0.29) is 0 Å². The molecule has 0 heterocycles. The summed E-state index contributed by atoms with van der Waals surface area (Å²) in [6, 6.07) is 7.96. The van der Waals surface area contributed by atoms with Gasteiger partial charge in [-0.25, -0.2) is 0 Å². The van der Waals surface area contributed by atoms with Crippen LogP contribution in [0, 0.1) is 5.92 Å². The molecule has 1 N–H and O–H groups in total. The minimum Gasteiger partial charge on any atom is -0.494 e. The van der Waals surface area contributed by atoms with Gasteiger partial charge in [0.1, 0.15) is 5.75 Å². The van der Waals surface area contributed by atoms with Gasteiger partial charge >= 0.3 is 0 Å². The summed E-state index contributed by atoms with van der Waals surface area (Å²) in [5.41, 5.74) is 0.424. The van der Waals surface area contributed by atoms with E-state index in [1.54, 1.807) is 0 Å². The molecule has 2 heteroatoms. The molecule has 0 bridgehead atoms. The summed E-state index contributed by atoms with van der Waals surface area (Å²) in [5, 5.41) is 10.8. The van der Waals surface area contributed by atoms with Crippen LogP contribution in [0.2, 0.25) is 0 Å². The number of rotatable bonds is 4. The van der Waals surface area contributed by atoms with Gasteiger partial charge in [0.2, 0.25) is 0 Å². The number of benzene rings is 1. The Morgan fingerprint density at radius 2 is 2.00 bits per heavy atom. The first-order chi connectivity index (χ1) is 8.68. The van der Waals surface area contributed by atoms with Crippen molar-refractivity contribution in [1.82, 2.24) is 0 Å². The smallest absolute Gasteiger partial charge is 0.119 e. The second kappa shape index (κ2) is 5.75. The van der Waals surface area contributed by atoms with Crippen molar-refractivity contribution < 1.29 is 9.84 Å². The molecule has 1 aromatic carbocycles. The van der Waals surface area contributed by atoms with Gasteiger partial charge < -0.3 is 9.84 Å². The van der Waals surface area contributed by atoms with Crippen LogP contribution in [-0.4, -0.2) is 11.7 Å². The summed E-state index contributed by atoms with van der Waals surface area (Å²) in [4.78, 5) is 0. The Balaban J connectivity index is 2.13. The van der Waals surface area contributed by atoms with E-state index >= 15 is 0 Å². The van der Waals surface area contributed by atoms with Gasteiger partial charge in [-0.15, -0.1) is 0 Å². The second-order valence-electron chi connectivity index (χ2n) is 5.36. The molecule has 2 nitrogen and oxygen atoms in total. The van der Waals surface area contributed by atoms with Crippen molar-refractivity contribution in [1.29, 1.82) is 0 Å². The number of aliphatic hydroxyl groups is 1. The highest BCUT2D eigenvalue weighted by atomic mass is 16.5. The molecule has 1 aromatic rings. The Kier molecular flexibility index (Phi) is 4.28. The zero-order chi connectivity index (χ0) is 13.0. The molecule has 2 atom stereocenters. The lowest BCUT2D eigenvalue weighted by molar-refractivity contribution is -0.0217. The fourth-order valence-corrected chi connectivity index (χ4v) is 3.00. The summed E-state index contributed by atoms with van der Waals surface area (Å²) in [6.07, 6.45) is 5.34. The molecule has 100 valence electrons. The van der Waals surface area contributed by atoms with Crippen molar-refractivity contribution in [3.8, 4) is 5.75 Å². The van der Waals surface area contributed by atoms with Crippen LogP contribution >= 0.6 is 0 Å². The summed E-state index contributed by atoms with van der Waals surface area (Å²) < 4.78 is 5.44. The van der Waals surface area contributed by atoms with Crippen LogP contribution in [0.3, 0.4) is 0 Å². The van der Waals surface area contributed by atoms with Crippen molar-refractivity contribution in [3.63, 3.8) is 0 Å². The van der Waals surface area contributed by atoms with E-state index < -0.39 is 5.60 Å². The lowest BCUT2D eigenvalue weighted by atomic mass is 9.73. The second-order valence-corrected chi connectivity index (χ2v) is 5.36. The first-order valence-corrected chi connectivity index (χ1v) is 7.13. The molecule has 1 aliphatic carbocycles. The van der Waals surface area contributed by atoms with E-state index in [2.05, 4.69) is 6.92 Å². The summed E-state index contributed by atoms with van der Waals surface area (Å²) in [7, 11) is 0. The van der Waals surface area contributed by atoms with Gasteiger partial charge in [-0.1, -0.05) is 31.9 Å². The van der Waals surface area contributed by atoms with Gasteiger partial charge in [-0.05, 0) is 49.8 Å². The van der Waals surface area contributed by atoms with Crippen molar-refractivity contribution in [2.45, 2.75) is 51.6 Å². The van der Waals surface area contributed by atoms with E-state index in [1.807, 2.05) is 31.2 Å². The number of hydrogen-bond acceptors (Lipinski definition) is 2. The van der Waals surface area contributed by atoms with Crippen LogP contribution in [0.25, 0.3) is 0 Å². The quantitative estimate of drug-likeness (QED) is 0.876. The minimum absolute atomic E-state index is 0.621. The third kappa shape index (κ3) is 2.86. The van der Waals surface area contributed by atoms with Gasteiger partial charge in [0.25, 0.3) is 0 Å².